The number of hydrogen-bond acceptors (Lipinski definition) is 2. The summed E-state index contributed by atoms with van der Waals surface area (Å²) in [5.74, 6) is -0.219. The molecule has 0 amide bonds. The molecule has 1 N–H and O–H groups in total. The van der Waals surface area contributed by atoms with Gasteiger partial charge in [0.2, 0.25) is 0 Å². The Labute approximate surface area is 112 Å². The van der Waals surface area contributed by atoms with Crippen LogP contribution in [-0.2, 0) is 0 Å². The fourth-order valence-corrected chi connectivity index (χ4v) is 2.30. The van der Waals surface area contributed by atoms with E-state index in [0.29, 0.717) is 11.6 Å². The quantitative estimate of drug-likeness (QED) is 0.911. The average molecular weight is 280 g/mol. The van der Waals surface area contributed by atoms with Crippen LogP contribution in [-0.4, -0.2) is 13.2 Å². The Hall–Kier alpha value is -0.510. The highest BCUT2D eigenvalue weighted by molar-refractivity contribution is 6.32. The number of benzene rings is 1. The molecule has 96 valence electrons. The monoisotopic (exact) mass is 279 g/mol. The van der Waals surface area contributed by atoms with Crippen LogP contribution in [0.5, 0.6) is 5.75 Å². The van der Waals surface area contributed by atoms with E-state index in [-0.39, 0.29) is 30.0 Å². The maximum atomic E-state index is 13.7. The molecule has 2 nitrogen and oxygen atoms in total. The molecule has 2 rings (SSSR count). The van der Waals surface area contributed by atoms with Crippen LogP contribution in [0.4, 0.5) is 4.39 Å². The van der Waals surface area contributed by atoms with Gasteiger partial charge >= 0.3 is 0 Å². The van der Waals surface area contributed by atoms with Crippen LogP contribution in [0.2, 0.25) is 5.02 Å². The molecule has 0 saturated carbocycles. The van der Waals surface area contributed by atoms with Crippen LogP contribution in [0.15, 0.2) is 12.1 Å². The third-order valence-electron chi connectivity index (χ3n) is 2.77. The molecule has 0 bridgehead atoms. The predicted octanol–water partition coefficient (Wildman–Crippen LogP) is 3.72. The summed E-state index contributed by atoms with van der Waals surface area (Å²) in [6.07, 6.45) is 2.15. The standard InChI is InChI=1S/C12H15ClFNO.ClH/c1-2-16-12-9(13)6-8(7-10(12)14)11-4-3-5-15-11;/h6-7,11,15H,2-5H2,1H3;1H/t11-;/m1./s1. The Kier molecular flexibility index (Phi) is 5.50. The third kappa shape index (κ3) is 3.24. The first-order chi connectivity index (χ1) is 7.72. The lowest BCUT2D eigenvalue weighted by atomic mass is 10.1. The van der Waals surface area contributed by atoms with Crippen LogP contribution >= 0.6 is 24.0 Å². The Morgan fingerprint density at radius 3 is 2.82 bits per heavy atom. The largest absolute Gasteiger partial charge is 0.489 e. The number of hydrogen-bond donors (Lipinski definition) is 1. The molecule has 1 heterocycles. The zero-order valence-electron chi connectivity index (χ0n) is 9.63. The Bertz CT molecular complexity index is 358. The molecule has 17 heavy (non-hydrogen) atoms. The highest BCUT2D eigenvalue weighted by atomic mass is 35.5. The van der Waals surface area contributed by atoms with Crippen molar-refractivity contribution in [1.82, 2.24) is 5.32 Å². The van der Waals surface area contributed by atoms with Crippen LogP contribution in [0.25, 0.3) is 0 Å². The lowest BCUT2D eigenvalue weighted by Gasteiger charge is -2.14. The lowest BCUT2D eigenvalue weighted by Crippen LogP contribution is -2.13. The van der Waals surface area contributed by atoms with Gasteiger partial charge in [-0.25, -0.2) is 4.39 Å². The van der Waals surface area contributed by atoms with E-state index >= 15 is 0 Å². The van der Waals surface area contributed by atoms with E-state index < -0.39 is 0 Å². The molecule has 1 aliphatic rings. The zero-order chi connectivity index (χ0) is 11.5. The normalized spacial score (nSPS) is 18.9. The second-order valence-corrected chi connectivity index (χ2v) is 4.30. The number of ether oxygens (including phenoxy) is 1. The molecule has 1 aromatic carbocycles. The summed E-state index contributed by atoms with van der Waals surface area (Å²) in [5, 5.41) is 3.67. The van der Waals surface area contributed by atoms with Gasteiger partial charge in [0, 0.05) is 6.04 Å². The van der Waals surface area contributed by atoms with Gasteiger partial charge in [0.1, 0.15) is 0 Å². The molecule has 0 unspecified atom stereocenters. The SMILES string of the molecule is CCOc1c(F)cc([C@H]2CCCN2)cc1Cl.Cl. The topological polar surface area (TPSA) is 21.3 Å². The van der Waals surface area contributed by atoms with Crippen LogP contribution in [0.3, 0.4) is 0 Å². The maximum Gasteiger partial charge on any atom is 0.173 e. The molecule has 0 radical (unpaired) electrons. The van der Waals surface area contributed by atoms with E-state index in [1.165, 1.54) is 6.07 Å². The Balaban J connectivity index is 0.00000144. The van der Waals surface area contributed by atoms with E-state index in [1.54, 1.807) is 6.07 Å². The molecular formula is C12H16Cl2FNO. The first kappa shape index (κ1) is 14.6. The molecule has 1 aliphatic heterocycles. The summed E-state index contributed by atoms with van der Waals surface area (Å²) >= 11 is 6.00. The summed E-state index contributed by atoms with van der Waals surface area (Å²) in [7, 11) is 0. The van der Waals surface area contributed by atoms with Gasteiger partial charge in [0.15, 0.2) is 11.6 Å². The highest BCUT2D eigenvalue weighted by Crippen LogP contribution is 2.33. The van der Waals surface area contributed by atoms with Gasteiger partial charge in [0.25, 0.3) is 0 Å². The van der Waals surface area contributed by atoms with Gasteiger partial charge in [-0.15, -0.1) is 12.4 Å². The molecule has 1 fully saturated rings. The minimum atomic E-state index is -0.377. The molecule has 1 saturated heterocycles. The molecule has 0 spiro atoms. The first-order valence-electron chi connectivity index (χ1n) is 5.57. The van der Waals surface area contributed by atoms with E-state index in [0.717, 1.165) is 24.9 Å². The number of nitrogens with one attached hydrogen (secondary N) is 1. The second-order valence-electron chi connectivity index (χ2n) is 3.90. The van der Waals surface area contributed by atoms with Gasteiger partial charge < -0.3 is 10.1 Å². The Morgan fingerprint density at radius 1 is 1.53 bits per heavy atom. The smallest absolute Gasteiger partial charge is 0.173 e. The summed E-state index contributed by atoms with van der Waals surface area (Å²) in [6, 6.07) is 3.53. The van der Waals surface area contributed by atoms with Crippen LogP contribution in [0, 0.1) is 5.82 Å². The number of halogens is 3. The van der Waals surface area contributed by atoms with Crippen molar-refractivity contribution in [3.8, 4) is 5.75 Å². The molecular weight excluding hydrogens is 264 g/mol. The molecule has 1 aromatic rings. The minimum Gasteiger partial charge on any atom is -0.489 e. The fraction of sp³-hybridized carbons (Fsp3) is 0.500. The fourth-order valence-electron chi connectivity index (χ4n) is 2.03. The molecule has 0 aromatic heterocycles. The minimum absolute atomic E-state index is 0. The van der Waals surface area contributed by atoms with Crippen molar-refractivity contribution in [3.63, 3.8) is 0 Å². The zero-order valence-corrected chi connectivity index (χ0v) is 11.2. The molecule has 1 atom stereocenters. The summed E-state index contributed by atoms with van der Waals surface area (Å²) in [5.41, 5.74) is 0.906. The molecule has 0 aliphatic carbocycles. The van der Waals surface area contributed by atoms with Gasteiger partial charge in [-0.05, 0) is 44.0 Å². The van der Waals surface area contributed by atoms with E-state index in [9.17, 15) is 4.39 Å². The predicted molar refractivity (Wildman–Crippen MR) is 69.8 cm³/mol. The van der Waals surface area contributed by atoms with Crippen molar-refractivity contribution in [1.29, 1.82) is 0 Å². The van der Waals surface area contributed by atoms with Crippen molar-refractivity contribution >= 4 is 24.0 Å². The van der Waals surface area contributed by atoms with Gasteiger partial charge in [-0.2, -0.15) is 0 Å². The average Bonchev–Trinajstić information content (AvgIpc) is 2.76. The first-order valence-corrected chi connectivity index (χ1v) is 5.95. The summed E-state index contributed by atoms with van der Waals surface area (Å²) in [6.45, 7) is 3.21. The van der Waals surface area contributed by atoms with E-state index in [2.05, 4.69) is 5.32 Å². The van der Waals surface area contributed by atoms with Crippen molar-refractivity contribution in [2.75, 3.05) is 13.2 Å². The van der Waals surface area contributed by atoms with Crippen molar-refractivity contribution < 1.29 is 9.13 Å². The maximum absolute atomic E-state index is 13.7. The highest BCUT2D eigenvalue weighted by Gasteiger charge is 2.19. The third-order valence-corrected chi connectivity index (χ3v) is 3.05. The summed E-state index contributed by atoms with van der Waals surface area (Å²) < 4.78 is 18.9. The van der Waals surface area contributed by atoms with Crippen LogP contribution in [0.1, 0.15) is 31.4 Å². The van der Waals surface area contributed by atoms with E-state index in [1.807, 2.05) is 6.92 Å². The van der Waals surface area contributed by atoms with Crippen molar-refractivity contribution in [2.24, 2.45) is 0 Å². The van der Waals surface area contributed by atoms with Crippen LogP contribution < -0.4 is 10.1 Å². The van der Waals surface area contributed by atoms with Crippen molar-refractivity contribution in [3.05, 3.63) is 28.5 Å². The number of rotatable bonds is 3. The van der Waals surface area contributed by atoms with Gasteiger partial charge in [-0.3, -0.25) is 0 Å². The van der Waals surface area contributed by atoms with Gasteiger partial charge in [0.05, 0.1) is 11.6 Å². The second kappa shape index (κ2) is 6.43. The lowest BCUT2D eigenvalue weighted by molar-refractivity contribution is 0.321. The Morgan fingerprint density at radius 2 is 2.29 bits per heavy atom. The van der Waals surface area contributed by atoms with Gasteiger partial charge in [-0.1, -0.05) is 11.6 Å². The van der Waals surface area contributed by atoms with E-state index in [4.69, 9.17) is 16.3 Å². The van der Waals surface area contributed by atoms with Crippen molar-refractivity contribution in [2.45, 2.75) is 25.8 Å². The summed E-state index contributed by atoms with van der Waals surface area (Å²) in [4.78, 5) is 0. The molecule has 5 heteroatoms.